The smallest absolute Gasteiger partial charge is 0.261 e. The largest absolute Gasteiger partial charge is 0.388 e. The molecule has 0 saturated carbocycles. The van der Waals surface area contributed by atoms with Crippen LogP contribution in [-0.4, -0.2) is 23.2 Å². The standard InChI is InChI=1S/C16H17NO2S/c18-15(14-6-3-9-20-14)17-11-16(19)8-7-12-4-1-2-5-13(12)10-16/h1-6,9,19H,7-8,10-11H2,(H,17,18)/t16-/m0/s1. The van der Waals surface area contributed by atoms with E-state index in [1.54, 1.807) is 6.07 Å². The SMILES string of the molecule is O=C(NC[C@]1(O)CCc2ccccc2C1)c1cccs1. The molecular weight excluding hydrogens is 270 g/mol. The van der Waals surface area contributed by atoms with Crippen LogP contribution in [0, 0.1) is 0 Å². The van der Waals surface area contributed by atoms with E-state index in [2.05, 4.69) is 17.4 Å². The van der Waals surface area contributed by atoms with E-state index in [-0.39, 0.29) is 5.91 Å². The Morgan fingerprint density at radius 2 is 2.05 bits per heavy atom. The molecule has 104 valence electrons. The number of aryl methyl sites for hydroxylation is 1. The van der Waals surface area contributed by atoms with E-state index in [0.717, 1.165) is 6.42 Å². The summed E-state index contributed by atoms with van der Waals surface area (Å²) in [6.45, 7) is 0.304. The molecule has 1 aromatic carbocycles. The predicted molar refractivity (Wildman–Crippen MR) is 80.1 cm³/mol. The molecule has 0 fully saturated rings. The van der Waals surface area contributed by atoms with Crippen molar-refractivity contribution in [1.29, 1.82) is 0 Å². The summed E-state index contributed by atoms with van der Waals surface area (Å²) < 4.78 is 0. The molecule has 4 heteroatoms. The van der Waals surface area contributed by atoms with E-state index in [9.17, 15) is 9.90 Å². The van der Waals surface area contributed by atoms with E-state index in [1.165, 1.54) is 22.5 Å². The van der Waals surface area contributed by atoms with Crippen LogP contribution in [0.25, 0.3) is 0 Å². The van der Waals surface area contributed by atoms with Crippen LogP contribution < -0.4 is 5.32 Å². The maximum absolute atomic E-state index is 11.9. The first kappa shape index (κ1) is 13.3. The van der Waals surface area contributed by atoms with Gasteiger partial charge in [0, 0.05) is 13.0 Å². The number of nitrogens with one attached hydrogen (secondary N) is 1. The first-order valence-corrected chi connectivity index (χ1v) is 7.65. The van der Waals surface area contributed by atoms with Crippen LogP contribution in [0.4, 0.5) is 0 Å². The number of aliphatic hydroxyl groups is 1. The van der Waals surface area contributed by atoms with E-state index in [4.69, 9.17) is 0 Å². The Bertz CT molecular complexity index is 609. The fourth-order valence-electron chi connectivity index (χ4n) is 2.67. The molecule has 2 aromatic rings. The molecule has 1 aromatic heterocycles. The van der Waals surface area contributed by atoms with E-state index in [0.29, 0.717) is 24.3 Å². The summed E-state index contributed by atoms with van der Waals surface area (Å²) in [5, 5.41) is 15.4. The monoisotopic (exact) mass is 287 g/mol. The fraction of sp³-hybridized carbons (Fsp3) is 0.312. The lowest BCUT2D eigenvalue weighted by atomic mass is 9.80. The van der Waals surface area contributed by atoms with Crippen molar-refractivity contribution in [2.75, 3.05) is 6.54 Å². The first-order valence-electron chi connectivity index (χ1n) is 6.77. The number of amides is 1. The molecule has 0 unspecified atom stereocenters. The van der Waals surface area contributed by atoms with Gasteiger partial charge in [-0.15, -0.1) is 11.3 Å². The van der Waals surface area contributed by atoms with Crippen molar-refractivity contribution in [2.24, 2.45) is 0 Å². The Morgan fingerprint density at radius 3 is 2.80 bits per heavy atom. The minimum Gasteiger partial charge on any atom is -0.388 e. The summed E-state index contributed by atoms with van der Waals surface area (Å²) >= 11 is 1.41. The third-order valence-electron chi connectivity index (χ3n) is 3.82. The van der Waals surface area contributed by atoms with Crippen LogP contribution in [0.5, 0.6) is 0 Å². The van der Waals surface area contributed by atoms with Crippen molar-refractivity contribution < 1.29 is 9.90 Å². The average Bonchev–Trinajstić information content (AvgIpc) is 2.99. The Morgan fingerprint density at radius 1 is 1.25 bits per heavy atom. The Hall–Kier alpha value is -1.65. The van der Waals surface area contributed by atoms with Gasteiger partial charge in [-0.05, 0) is 35.4 Å². The molecule has 1 amide bonds. The second-order valence-electron chi connectivity index (χ2n) is 5.33. The number of fused-ring (bicyclic) bond motifs is 1. The molecule has 0 saturated heterocycles. The second-order valence-corrected chi connectivity index (χ2v) is 6.28. The molecule has 0 spiro atoms. The van der Waals surface area contributed by atoms with Crippen LogP contribution >= 0.6 is 11.3 Å². The van der Waals surface area contributed by atoms with Gasteiger partial charge in [-0.25, -0.2) is 0 Å². The van der Waals surface area contributed by atoms with Gasteiger partial charge in [-0.3, -0.25) is 4.79 Å². The Kier molecular flexibility index (Phi) is 3.59. The van der Waals surface area contributed by atoms with Gasteiger partial charge in [0.15, 0.2) is 0 Å². The molecule has 3 rings (SSSR count). The molecule has 3 nitrogen and oxygen atoms in total. The molecular formula is C16H17NO2S. The third kappa shape index (κ3) is 2.76. The van der Waals surface area contributed by atoms with E-state index >= 15 is 0 Å². The third-order valence-corrected chi connectivity index (χ3v) is 4.69. The van der Waals surface area contributed by atoms with Crippen LogP contribution in [0.15, 0.2) is 41.8 Å². The number of carbonyl (C=O) groups excluding carboxylic acids is 1. The van der Waals surface area contributed by atoms with E-state index < -0.39 is 5.60 Å². The molecule has 1 aliphatic carbocycles. The number of hydrogen-bond donors (Lipinski definition) is 2. The van der Waals surface area contributed by atoms with Gasteiger partial charge in [0.1, 0.15) is 0 Å². The zero-order chi connectivity index (χ0) is 14.0. The second kappa shape index (κ2) is 5.38. The molecule has 1 heterocycles. The highest BCUT2D eigenvalue weighted by atomic mass is 32.1. The van der Waals surface area contributed by atoms with Crippen molar-refractivity contribution >= 4 is 17.2 Å². The number of thiophene rings is 1. The number of rotatable bonds is 3. The Labute approximate surface area is 122 Å². The highest BCUT2D eigenvalue weighted by Crippen LogP contribution is 2.28. The van der Waals surface area contributed by atoms with Gasteiger partial charge in [-0.1, -0.05) is 30.3 Å². The molecule has 0 radical (unpaired) electrons. The molecule has 1 atom stereocenters. The highest BCUT2D eigenvalue weighted by molar-refractivity contribution is 7.12. The van der Waals surface area contributed by atoms with Crippen molar-refractivity contribution in [2.45, 2.75) is 24.9 Å². The summed E-state index contributed by atoms with van der Waals surface area (Å²) in [4.78, 5) is 12.6. The molecule has 1 aliphatic rings. The summed E-state index contributed by atoms with van der Waals surface area (Å²) in [6.07, 6.45) is 2.16. The summed E-state index contributed by atoms with van der Waals surface area (Å²) in [6, 6.07) is 11.8. The van der Waals surface area contributed by atoms with Crippen LogP contribution in [0.2, 0.25) is 0 Å². The number of hydrogen-bond acceptors (Lipinski definition) is 3. The zero-order valence-corrected chi connectivity index (χ0v) is 12.0. The van der Waals surface area contributed by atoms with Crippen LogP contribution in [0.3, 0.4) is 0 Å². The van der Waals surface area contributed by atoms with Crippen LogP contribution in [0.1, 0.15) is 27.2 Å². The first-order chi connectivity index (χ1) is 9.66. The van der Waals surface area contributed by atoms with E-state index in [1.807, 2.05) is 23.6 Å². The minimum absolute atomic E-state index is 0.104. The molecule has 2 N–H and O–H groups in total. The van der Waals surface area contributed by atoms with Crippen LogP contribution in [-0.2, 0) is 12.8 Å². The maximum Gasteiger partial charge on any atom is 0.261 e. The minimum atomic E-state index is -0.832. The van der Waals surface area contributed by atoms with Gasteiger partial charge in [0.05, 0.1) is 10.5 Å². The van der Waals surface area contributed by atoms with Crippen molar-refractivity contribution in [3.63, 3.8) is 0 Å². The summed E-state index contributed by atoms with van der Waals surface area (Å²) in [7, 11) is 0. The predicted octanol–water partition coefficient (Wildman–Crippen LogP) is 2.40. The topological polar surface area (TPSA) is 49.3 Å². The normalized spacial score (nSPS) is 21.2. The lowest BCUT2D eigenvalue weighted by Crippen LogP contribution is -2.46. The van der Waals surface area contributed by atoms with Crippen molar-refractivity contribution in [3.8, 4) is 0 Å². The summed E-state index contributed by atoms with van der Waals surface area (Å²) in [5.41, 5.74) is 1.66. The van der Waals surface area contributed by atoms with Gasteiger partial charge in [0.2, 0.25) is 0 Å². The lowest BCUT2D eigenvalue weighted by Gasteiger charge is -2.33. The fourth-order valence-corrected chi connectivity index (χ4v) is 3.31. The van der Waals surface area contributed by atoms with Gasteiger partial charge in [-0.2, -0.15) is 0 Å². The van der Waals surface area contributed by atoms with Crippen molar-refractivity contribution in [3.05, 3.63) is 57.8 Å². The van der Waals surface area contributed by atoms with Gasteiger partial charge >= 0.3 is 0 Å². The zero-order valence-electron chi connectivity index (χ0n) is 11.1. The average molecular weight is 287 g/mol. The quantitative estimate of drug-likeness (QED) is 0.910. The lowest BCUT2D eigenvalue weighted by molar-refractivity contribution is 0.0260. The summed E-state index contributed by atoms with van der Waals surface area (Å²) in [5.74, 6) is -0.104. The molecule has 0 aliphatic heterocycles. The molecule has 20 heavy (non-hydrogen) atoms. The number of benzene rings is 1. The van der Waals surface area contributed by atoms with Crippen molar-refractivity contribution in [1.82, 2.24) is 5.32 Å². The van der Waals surface area contributed by atoms with Gasteiger partial charge < -0.3 is 10.4 Å². The molecule has 0 bridgehead atoms. The van der Waals surface area contributed by atoms with Gasteiger partial charge in [0.25, 0.3) is 5.91 Å². The maximum atomic E-state index is 11.9. The Balaban J connectivity index is 1.65. The highest BCUT2D eigenvalue weighted by Gasteiger charge is 2.32. The number of carbonyl (C=O) groups is 1.